The molecule has 0 fully saturated rings. The normalized spacial score (nSPS) is 9.84. The predicted octanol–water partition coefficient (Wildman–Crippen LogP) is 1.33. The summed E-state index contributed by atoms with van der Waals surface area (Å²) in [6, 6.07) is 7.28. The molecule has 0 aromatic heterocycles. The Hall–Kier alpha value is -2.04. The third-order valence-corrected chi connectivity index (χ3v) is 2.80. The first kappa shape index (κ1) is 15.0. The first-order valence-electron chi connectivity index (χ1n) is 6.46. The van der Waals surface area contributed by atoms with Crippen LogP contribution in [0.3, 0.4) is 0 Å². The number of hydrogen-bond acceptors (Lipinski definition) is 3. The van der Waals surface area contributed by atoms with Crippen LogP contribution in [-0.4, -0.2) is 43.4 Å². The van der Waals surface area contributed by atoms with Crippen molar-refractivity contribution in [3.05, 3.63) is 29.8 Å². The van der Waals surface area contributed by atoms with Gasteiger partial charge in [0.05, 0.1) is 12.1 Å². The van der Waals surface area contributed by atoms with E-state index in [0.29, 0.717) is 18.7 Å². The van der Waals surface area contributed by atoms with Gasteiger partial charge in [0.2, 0.25) is 5.91 Å². The largest absolute Gasteiger partial charge is 0.387 e. The second-order valence-corrected chi connectivity index (χ2v) is 4.07. The average Bonchev–Trinajstić information content (AvgIpc) is 2.44. The summed E-state index contributed by atoms with van der Waals surface area (Å²) in [5.41, 5.74) is 1.35. The van der Waals surface area contributed by atoms with E-state index in [1.807, 2.05) is 32.0 Å². The molecule has 104 valence electrons. The molecule has 5 heteroatoms. The van der Waals surface area contributed by atoms with E-state index >= 15 is 0 Å². The summed E-state index contributed by atoms with van der Waals surface area (Å²) in [5, 5.41) is 5.68. The molecular weight excluding hydrogens is 242 g/mol. The van der Waals surface area contributed by atoms with E-state index < -0.39 is 0 Å². The molecule has 5 nitrogen and oxygen atoms in total. The lowest BCUT2D eigenvalue weighted by Crippen LogP contribution is -2.40. The minimum atomic E-state index is -0.140. The van der Waals surface area contributed by atoms with Crippen LogP contribution in [0.5, 0.6) is 0 Å². The van der Waals surface area contributed by atoms with Crippen LogP contribution in [-0.2, 0) is 4.79 Å². The Morgan fingerprint density at radius 3 is 2.47 bits per heavy atom. The third kappa shape index (κ3) is 3.98. The highest BCUT2D eigenvalue weighted by Crippen LogP contribution is 2.16. The Balaban J connectivity index is 2.86. The van der Waals surface area contributed by atoms with E-state index in [1.165, 1.54) is 4.90 Å². The quantitative estimate of drug-likeness (QED) is 0.814. The van der Waals surface area contributed by atoms with Crippen molar-refractivity contribution >= 4 is 17.5 Å². The van der Waals surface area contributed by atoms with Crippen LogP contribution in [0.1, 0.15) is 24.2 Å². The molecule has 0 saturated carbocycles. The highest BCUT2D eigenvalue weighted by Gasteiger charge is 2.19. The molecule has 0 heterocycles. The van der Waals surface area contributed by atoms with E-state index in [0.717, 1.165) is 5.69 Å². The SMILES string of the molecule is CCNC(=O)CN(CC)C(=O)c1ccccc1NC. The van der Waals surface area contributed by atoms with Crippen LogP contribution >= 0.6 is 0 Å². The van der Waals surface area contributed by atoms with Crippen LogP contribution in [0.25, 0.3) is 0 Å². The number of likely N-dealkylation sites (N-methyl/N-ethyl adjacent to an activating group) is 2. The molecule has 0 atom stereocenters. The minimum Gasteiger partial charge on any atom is -0.387 e. The zero-order valence-electron chi connectivity index (χ0n) is 11.7. The molecule has 0 saturated heterocycles. The summed E-state index contributed by atoms with van der Waals surface area (Å²) in [4.78, 5) is 25.5. The number of nitrogens with one attached hydrogen (secondary N) is 2. The number of carbonyl (C=O) groups is 2. The van der Waals surface area contributed by atoms with Gasteiger partial charge in [0.25, 0.3) is 5.91 Å². The maximum atomic E-state index is 12.4. The van der Waals surface area contributed by atoms with Crippen molar-refractivity contribution in [3.63, 3.8) is 0 Å². The zero-order chi connectivity index (χ0) is 14.3. The molecule has 0 spiro atoms. The zero-order valence-corrected chi connectivity index (χ0v) is 11.7. The van der Waals surface area contributed by atoms with E-state index in [4.69, 9.17) is 0 Å². The van der Waals surface area contributed by atoms with Crippen LogP contribution in [0.2, 0.25) is 0 Å². The molecule has 0 radical (unpaired) electrons. The molecule has 2 N–H and O–H groups in total. The minimum absolute atomic E-state index is 0.0845. The number of anilines is 1. The van der Waals surface area contributed by atoms with Gasteiger partial charge in [0.15, 0.2) is 0 Å². The Kier molecular flexibility index (Phi) is 5.85. The fourth-order valence-electron chi connectivity index (χ4n) is 1.81. The number of benzene rings is 1. The summed E-state index contributed by atoms with van der Waals surface area (Å²) in [6.45, 7) is 4.86. The van der Waals surface area contributed by atoms with Crippen molar-refractivity contribution in [1.29, 1.82) is 0 Å². The van der Waals surface area contributed by atoms with Gasteiger partial charge in [0.1, 0.15) is 0 Å². The van der Waals surface area contributed by atoms with Crippen LogP contribution < -0.4 is 10.6 Å². The first-order valence-corrected chi connectivity index (χ1v) is 6.46. The maximum Gasteiger partial charge on any atom is 0.256 e. The van der Waals surface area contributed by atoms with E-state index in [9.17, 15) is 9.59 Å². The molecule has 1 aromatic carbocycles. The second-order valence-electron chi connectivity index (χ2n) is 4.07. The number of carbonyl (C=O) groups excluding carboxylic acids is 2. The number of rotatable bonds is 6. The molecule has 0 unspecified atom stereocenters. The highest BCUT2D eigenvalue weighted by molar-refractivity contribution is 6.01. The molecule has 0 bridgehead atoms. The third-order valence-electron chi connectivity index (χ3n) is 2.80. The Labute approximate surface area is 114 Å². The van der Waals surface area contributed by atoms with Crippen LogP contribution in [0.15, 0.2) is 24.3 Å². The van der Waals surface area contributed by atoms with Gasteiger partial charge in [-0.2, -0.15) is 0 Å². The Morgan fingerprint density at radius 2 is 1.89 bits per heavy atom. The van der Waals surface area contributed by atoms with Gasteiger partial charge in [-0.05, 0) is 26.0 Å². The summed E-state index contributed by atoms with van der Waals surface area (Å²) in [6.07, 6.45) is 0. The monoisotopic (exact) mass is 263 g/mol. The van der Waals surface area contributed by atoms with Crippen molar-refractivity contribution in [1.82, 2.24) is 10.2 Å². The smallest absolute Gasteiger partial charge is 0.256 e. The lowest BCUT2D eigenvalue weighted by Gasteiger charge is -2.21. The summed E-state index contributed by atoms with van der Waals surface area (Å²) < 4.78 is 0. The van der Waals surface area contributed by atoms with Crippen LogP contribution in [0.4, 0.5) is 5.69 Å². The topological polar surface area (TPSA) is 61.4 Å². The van der Waals surface area contributed by atoms with Crippen LogP contribution in [0, 0.1) is 0 Å². The molecule has 0 aliphatic rings. The van der Waals surface area contributed by atoms with Gasteiger partial charge in [-0.15, -0.1) is 0 Å². The van der Waals surface area contributed by atoms with Crippen molar-refractivity contribution < 1.29 is 9.59 Å². The van der Waals surface area contributed by atoms with Crippen molar-refractivity contribution in [2.45, 2.75) is 13.8 Å². The van der Waals surface area contributed by atoms with Gasteiger partial charge in [0, 0.05) is 25.8 Å². The molecule has 0 aliphatic carbocycles. The lowest BCUT2D eigenvalue weighted by molar-refractivity contribution is -0.121. The maximum absolute atomic E-state index is 12.4. The standard InChI is InChI=1S/C14H21N3O2/c1-4-16-13(18)10-17(5-2)14(19)11-8-6-7-9-12(11)15-3/h6-9,15H,4-5,10H2,1-3H3,(H,16,18). The summed E-state index contributed by atoms with van der Waals surface area (Å²) in [7, 11) is 1.77. The van der Waals surface area contributed by atoms with Gasteiger partial charge >= 0.3 is 0 Å². The highest BCUT2D eigenvalue weighted by atomic mass is 16.2. The van der Waals surface area contributed by atoms with Gasteiger partial charge < -0.3 is 15.5 Å². The molecule has 19 heavy (non-hydrogen) atoms. The molecule has 0 aliphatic heterocycles. The Bertz CT molecular complexity index is 446. The van der Waals surface area contributed by atoms with Gasteiger partial charge in [-0.25, -0.2) is 0 Å². The molecular formula is C14H21N3O2. The van der Waals surface area contributed by atoms with E-state index in [-0.39, 0.29) is 18.4 Å². The van der Waals surface area contributed by atoms with E-state index in [1.54, 1.807) is 13.1 Å². The molecule has 1 aromatic rings. The summed E-state index contributed by atoms with van der Waals surface area (Å²) in [5.74, 6) is -0.279. The average molecular weight is 263 g/mol. The fraction of sp³-hybridized carbons (Fsp3) is 0.429. The number of amides is 2. The van der Waals surface area contributed by atoms with E-state index in [2.05, 4.69) is 10.6 Å². The number of para-hydroxylation sites is 1. The van der Waals surface area contributed by atoms with Gasteiger partial charge in [-0.3, -0.25) is 9.59 Å². The molecule has 1 rings (SSSR count). The molecule has 2 amide bonds. The fourth-order valence-corrected chi connectivity index (χ4v) is 1.81. The lowest BCUT2D eigenvalue weighted by atomic mass is 10.1. The summed E-state index contributed by atoms with van der Waals surface area (Å²) >= 11 is 0. The first-order chi connectivity index (χ1) is 9.13. The predicted molar refractivity (Wildman–Crippen MR) is 76.2 cm³/mol. The number of hydrogen-bond donors (Lipinski definition) is 2. The van der Waals surface area contributed by atoms with Crippen molar-refractivity contribution in [2.24, 2.45) is 0 Å². The van der Waals surface area contributed by atoms with Gasteiger partial charge in [-0.1, -0.05) is 12.1 Å². The second kappa shape index (κ2) is 7.41. The number of nitrogens with zero attached hydrogens (tertiary/aromatic N) is 1. The Morgan fingerprint density at radius 1 is 1.21 bits per heavy atom. The van der Waals surface area contributed by atoms with Crippen molar-refractivity contribution in [3.8, 4) is 0 Å². The van der Waals surface area contributed by atoms with Crippen molar-refractivity contribution in [2.75, 3.05) is 32.0 Å².